The van der Waals surface area contributed by atoms with E-state index < -0.39 is 5.60 Å². The van der Waals surface area contributed by atoms with Crippen LogP contribution in [0.25, 0.3) is 5.57 Å². The fourth-order valence-electron chi connectivity index (χ4n) is 2.58. The summed E-state index contributed by atoms with van der Waals surface area (Å²) in [5, 5.41) is 23.1. The number of carbonyl (C=O) groups excluding carboxylic acids is 1. The van der Waals surface area contributed by atoms with E-state index in [1.54, 1.807) is 0 Å². The van der Waals surface area contributed by atoms with Gasteiger partial charge in [0, 0.05) is 13.5 Å². The summed E-state index contributed by atoms with van der Waals surface area (Å²) in [4.78, 5) is 12.7. The molecular weight excluding hydrogens is 284 g/mol. The number of hydrogen-bond donors (Lipinski definition) is 2. The van der Waals surface area contributed by atoms with Crippen LogP contribution in [0.1, 0.15) is 17.8 Å². The number of H-pyrrole nitrogens is 1. The second-order valence-electron chi connectivity index (χ2n) is 4.89. The number of aromatic amines is 1. The van der Waals surface area contributed by atoms with Crippen LogP contribution in [0.5, 0.6) is 0 Å². The lowest BCUT2D eigenvalue weighted by molar-refractivity contribution is -0.138. The van der Waals surface area contributed by atoms with E-state index in [9.17, 15) is 9.90 Å². The normalized spacial score (nSPS) is 23.6. The lowest BCUT2D eigenvalue weighted by Crippen LogP contribution is -2.41. The van der Waals surface area contributed by atoms with Crippen molar-refractivity contribution < 1.29 is 14.6 Å². The minimum atomic E-state index is -1.38. The highest BCUT2D eigenvalue weighted by atomic mass is 16.5. The molecule has 0 amide bonds. The van der Waals surface area contributed by atoms with Crippen molar-refractivity contribution in [2.45, 2.75) is 12.0 Å². The van der Waals surface area contributed by atoms with E-state index >= 15 is 0 Å². The molecule has 1 aliphatic carbocycles. The van der Waals surface area contributed by atoms with Gasteiger partial charge in [-0.25, -0.2) is 0 Å². The van der Waals surface area contributed by atoms with E-state index in [0.717, 1.165) is 11.8 Å². The Bertz CT molecular complexity index is 737. The highest BCUT2D eigenvalue weighted by molar-refractivity contribution is 6.07. The molecule has 7 nitrogen and oxygen atoms in total. The number of methoxy groups -OCH3 is 1. The molecule has 1 aliphatic rings. The van der Waals surface area contributed by atoms with Crippen molar-refractivity contribution in [1.29, 1.82) is 0 Å². The Morgan fingerprint density at radius 3 is 2.73 bits per heavy atom. The van der Waals surface area contributed by atoms with Gasteiger partial charge < -0.3 is 9.84 Å². The van der Waals surface area contributed by atoms with Gasteiger partial charge in [-0.3, -0.25) is 4.79 Å². The smallest absolute Gasteiger partial charge is 0.214 e. The van der Waals surface area contributed by atoms with Gasteiger partial charge in [0.15, 0.2) is 11.4 Å². The van der Waals surface area contributed by atoms with Crippen LogP contribution in [0, 0.1) is 0 Å². The van der Waals surface area contributed by atoms with E-state index in [1.807, 2.05) is 30.3 Å². The van der Waals surface area contributed by atoms with Crippen LogP contribution in [-0.2, 0) is 15.1 Å². The zero-order valence-corrected chi connectivity index (χ0v) is 11.9. The second-order valence-corrected chi connectivity index (χ2v) is 4.89. The molecule has 0 saturated carbocycles. The number of hydrogen-bond acceptors (Lipinski definition) is 6. The summed E-state index contributed by atoms with van der Waals surface area (Å²) >= 11 is 0. The maximum Gasteiger partial charge on any atom is 0.214 e. The highest BCUT2D eigenvalue weighted by Gasteiger charge is 2.47. The third kappa shape index (κ3) is 2.11. The number of tetrazole rings is 1. The van der Waals surface area contributed by atoms with Gasteiger partial charge in [0.1, 0.15) is 0 Å². The number of ether oxygens (including phenoxy) is 1. The van der Waals surface area contributed by atoms with Crippen LogP contribution in [0.4, 0.5) is 0 Å². The number of aliphatic hydroxyl groups excluding tert-OH is 1. The first-order valence-electron chi connectivity index (χ1n) is 6.65. The lowest BCUT2D eigenvalue weighted by atomic mass is 9.78. The Morgan fingerprint density at radius 2 is 2.14 bits per heavy atom. The first-order chi connectivity index (χ1) is 10.7. The fourth-order valence-corrected chi connectivity index (χ4v) is 2.58. The molecule has 112 valence electrons. The van der Waals surface area contributed by atoms with Crippen LogP contribution in [0.2, 0.25) is 0 Å². The molecule has 0 bridgehead atoms. The number of ketones is 1. The topological polar surface area (TPSA) is 101 Å². The highest BCUT2D eigenvalue weighted by Crippen LogP contribution is 2.41. The van der Waals surface area contributed by atoms with Crippen LogP contribution in [0.3, 0.4) is 0 Å². The molecular formula is C15H14N4O3. The Hall–Kier alpha value is -2.80. The molecule has 0 radical (unpaired) electrons. The van der Waals surface area contributed by atoms with Gasteiger partial charge in [0.25, 0.3) is 0 Å². The summed E-state index contributed by atoms with van der Waals surface area (Å²) in [5.74, 6) is -0.149. The Morgan fingerprint density at radius 1 is 1.36 bits per heavy atom. The van der Waals surface area contributed by atoms with Crippen LogP contribution < -0.4 is 0 Å². The van der Waals surface area contributed by atoms with Gasteiger partial charge in [-0.1, -0.05) is 35.5 Å². The van der Waals surface area contributed by atoms with E-state index in [0.29, 0.717) is 11.1 Å². The molecule has 1 atom stereocenters. The monoisotopic (exact) mass is 298 g/mol. The maximum atomic E-state index is 12.7. The van der Waals surface area contributed by atoms with E-state index in [1.165, 1.54) is 13.2 Å². The van der Waals surface area contributed by atoms with Gasteiger partial charge in [0.05, 0.1) is 6.26 Å². The number of nitrogens with zero attached hydrogens (tertiary/aromatic N) is 3. The molecule has 3 rings (SSSR count). The number of aromatic nitrogens is 4. The third-order valence-corrected chi connectivity index (χ3v) is 3.75. The summed E-state index contributed by atoms with van der Waals surface area (Å²) in [6.07, 6.45) is 2.55. The van der Waals surface area contributed by atoms with Crippen molar-refractivity contribution in [2.24, 2.45) is 0 Å². The Labute approximate surface area is 126 Å². The summed E-state index contributed by atoms with van der Waals surface area (Å²) in [6, 6.07) is 9.36. The molecule has 1 aromatic carbocycles. The molecule has 0 spiro atoms. The minimum absolute atomic E-state index is 0.124. The van der Waals surface area contributed by atoms with Gasteiger partial charge in [-0.2, -0.15) is 5.21 Å². The number of nitrogens with one attached hydrogen (secondary N) is 1. The van der Waals surface area contributed by atoms with Gasteiger partial charge >= 0.3 is 0 Å². The molecule has 2 N–H and O–H groups in total. The van der Waals surface area contributed by atoms with Crippen LogP contribution in [-0.4, -0.2) is 38.6 Å². The first-order valence-corrected chi connectivity index (χ1v) is 6.65. The number of benzene rings is 1. The molecule has 0 fully saturated rings. The average Bonchev–Trinajstić information content (AvgIpc) is 3.10. The van der Waals surface area contributed by atoms with Crippen molar-refractivity contribution in [3.05, 3.63) is 59.6 Å². The van der Waals surface area contributed by atoms with E-state index in [2.05, 4.69) is 20.6 Å². The van der Waals surface area contributed by atoms with Crippen LogP contribution in [0.15, 0.2) is 48.2 Å². The predicted molar refractivity (Wildman–Crippen MR) is 77.6 cm³/mol. The van der Waals surface area contributed by atoms with Crippen molar-refractivity contribution in [2.75, 3.05) is 7.11 Å². The summed E-state index contributed by atoms with van der Waals surface area (Å²) in [7, 11) is 1.41. The SMILES string of the molecule is COC1(c2nn[nH]n2)CC(=CO)C(c2ccccc2)=CC1=O. The third-order valence-electron chi connectivity index (χ3n) is 3.75. The van der Waals surface area contributed by atoms with Gasteiger partial charge in [0.2, 0.25) is 5.82 Å². The summed E-state index contributed by atoms with van der Waals surface area (Å²) in [5.41, 5.74) is 0.690. The van der Waals surface area contributed by atoms with Crippen LogP contribution >= 0.6 is 0 Å². The Kier molecular flexibility index (Phi) is 3.56. The second kappa shape index (κ2) is 5.53. The summed E-state index contributed by atoms with van der Waals surface area (Å²) < 4.78 is 5.42. The lowest BCUT2D eigenvalue weighted by Gasteiger charge is -2.32. The molecule has 7 heteroatoms. The molecule has 0 saturated heterocycles. The van der Waals surface area contributed by atoms with E-state index in [4.69, 9.17) is 4.74 Å². The number of aliphatic hydroxyl groups is 1. The fraction of sp³-hybridized carbons (Fsp3) is 0.200. The first kappa shape index (κ1) is 14.2. The minimum Gasteiger partial charge on any atom is -0.515 e. The zero-order chi connectivity index (χ0) is 15.6. The van der Waals surface area contributed by atoms with Crippen molar-refractivity contribution in [3.8, 4) is 0 Å². The standard InChI is InChI=1S/C15H14N4O3/c1-22-15(14-16-18-19-17-14)8-11(9-20)12(7-13(15)21)10-5-3-2-4-6-10/h2-7,9,20H,8H2,1H3,(H,16,17,18,19). The summed E-state index contributed by atoms with van der Waals surface area (Å²) in [6.45, 7) is 0. The zero-order valence-electron chi connectivity index (χ0n) is 11.9. The van der Waals surface area contributed by atoms with Crippen molar-refractivity contribution in [1.82, 2.24) is 20.6 Å². The molecule has 22 heavy (non-hydrogen) atoms. The average molecular weight is 298 g/mol. The molecule has 1 aromatic heterocycles. The van der Waals surface area contributed by atoms with E-state index in [-0.39, 0.29) is 18.0 Å². The predicted octanol–water partition coefficient (Wildman–Crippen LogP) is 1.54. The quantitative estimate of drug-likeness (QED) is 0.834. The molecule has 1 unspecified atom stereocenters. The number of allylic oxidation sites excluding steroid dienone is 1. The maximum absolute atomic E-state index is 12.7. The molecule has 2 aromatic rings. The Balaban J connectivity index is 2.11. The van der Waals surface area contributed by atoms with Gasteiger partial charge in [-0.15, -0.1) is 10.2 Å². The van der Waals surface area contributed by atoms with Crippen molar-refractivity contribution >= 4 is 11.4 Å². The number of carbonyl (C=O) groups is 1. The number of rotatable bonds is 3. The largest absolute Gasteiger partial charge is 0.515 e. The molecule has 0 aliphatic heterocycles. The van der Waals surface area contributed by atoms with Gasteiger partial charge in [-0.05, 0) is 22.8 Å². The molecule has 1 heterocycles. The van der Waals surface area contributed by atoms with Crippen molar-refractivity contribution in [3.63, 3.8) is 0 Å².